The van der Waals surface area contributed by atoms with Crippen molar-refractivity contribution in [2.75, 3.05) is 0 Å². The number of aromatic amines is 1. The van der Waals surface area contributed by atoms with Crippen LogP contribution in [-0.2, 0) is 12.6 Å². The summed E-state index contributed by atoms with van der Waals surface area (Å²) in [6, 6.07) is 12.8. The molecule has 134 valence electrons. The van der Waals surface area contributed by atoms with Crippen LogP contribution in [0.3, 0.4) is 0 Å². The zero-order valence-corrected chi connectivity index (χ0v) is 13.2. The van der Waals surface area contributed by atoms with E-state index in [1.165, 1.54) is 6.07 Å². The standard InChI is InChI=1S/C18H13F3N2O3/c19-18(20,21)14-6-2-5-13(9-14)12-4-1-3-11(7-12)8-15-10-16(24)23(26)17(25)22-15/h1-7,9-10,26H,8H2,(H,22,25). The van der Waals surface area contributed by atoms with Gasteiger partial charge in [-0.1, -0.05) is 41.1 Å². The summed E-state index contributed by atoms with van der Waals surface area (Å²) in [5.74, 6) is 0. The van der Waals surface area contributed by atoms with E-state index in [0.29, 0.717) is 16.7 Å². The van der Waals surface area contributed by atoms with E-state index in [4.69, 9.17) is 5.21 Å². The highest BCUT2D eigenvalue weighted by atomic mass is 19.4. The summed E-state index contributed by atoms with van der Waals surface area (Å²) in [4.78, 5) is 25.2. The van der Waals surface area contributed by atoms with Gasteiger partial charge in [0.25, 0.3) is 5.56 Å². The molecule has 0 aliphatic rings. The van der Waals surface area contributed by atoms with Crippen molar-refractivity contribution in [1.29, 1.82) is 0 Å². The van der Waals surface area contributed by atoms with Gasteiger partial charge < -0.3 is 10.2 Å². The monoisotopic (exact) mass is 362 g/mol. The molecule has 2 aromatic carbocycles. The summed E-state index contributed by atoms with van der Waals surface area (Å²) in [5.41, 5.74) is -0.611. The van der Waals surface area contributed by atoms with Crippen LogP contribution < -0.4 is 11.2 Å². The van der Waals surface area contributed by atoms with E-state index in [2.05, 4.69) is 4.98 Å². The molecular weight excluding hydrogens is 349 g/mol. The first-order chi connectivity index (χ1) is 12.2. The minimum Gasteiger partial charge on any atom is -0.421 e. The van der Waals surface area contributed by atoms with Crippen molar-refractivity contribution in [1.82, 2.24) is 9.71 Å². The largest absolute Gasteiger partial charge is 0.421 e. The lowest BCUT2D eigenvalue weighted by molar-refractivity contribution is -0.137. The van der Waals surface area contributed by atoms with Gasteiger partial charge in [0.05, 0.1) is 5.56 Å². The zero-order valence-electron chi connectivity index (χ0n) is 13.2. The minimum absolute atomic E-state index is 0.0391. The van der Waals surface area contributed by atoms with E-state index in [1.54, 1.807) is 30.3 Å². The van der Waals surface area contributed by atoms with Crippen LogP contribution >= 0.6 is 0 Å². The van der Waals surface area contributed by atoms with Gasteiger partial charge in [-0.05, 0) is 28.8 Å². The lowest BCUT2D eigenvalue weighted by Gasteiger charge is -2.10. The lowest BCUT2D eigenvalue weighted by Crippen LogP contribution is -2.33. The third kappa shape index (κ3) is 3.69. The molecule has 0 aliphatic heterocycles. The molecule has 26 heavy (non-hydrogen) atoms. The molecule has 0 bridgehead atoms. The molecule has 3 aromatic rings. The Hall–Kier alpha value is -3.29. The highest BCUT2D eigenvalue weighted by Crippen LogP contribution is 2.32. The first kappa shape index (κ1) is 17.5. The van der Waals surface area contributed by atoms with Crippen molar-refractivity contribution < 1.29 is 18.4 Å². The number of H-pyrrole nitrogens is 1. The number of halogens is 3. The first-order valence-corrected chi connectivity index (χ1v) is 7.55. The maximum absolute atomic E-state index is 12.9. The van der Waals surface area contributed by atoms with Gasteiger partial charge in [0, 0.05) is 18.2 Å². The average Bonchev–Trinajstić information content (AvgIpc) is 2.59. The van der Waals surface area contributed by atoms with E-state index >= 15 is 0 Å². The number of hydrogen-bond acceptors (Lipinski definition) is 3. The molecule has 2 N–H and O–H groups in total. The van der Waals surface area contributed by atoms with Crippen molar-refractivity contribution in [3.63, 3.8) is 0 Å². The number of alkyl halides is 3. The minimum atomic E-state index is -4.43. The van der Waals surface area contributed by atoms with Gasteiger partial charge in [0.15, 0.2) is 0 Å². The summed E-state index contributed by atoms with van der Waals surface area (Å²) < 4.78 is 38.6. The van der Waals surface area contributed by atoms with E-state index in [0.717, 1.165) is 18.2 Å². The quantitative estimate of drug-likeness (QED) is 0.703. The van der Waals surface area contributed by atoms with Crippen LogP contribution in [0.1, 0.15) is 16.8 Å². The SMILES string of the molecule is O=c1cc(Cc2cccc(-c3cccc(C(F)(F)F)c3)c2)[nH]c(=O)n1O. The molecule has 0 atom stereocenters. The molecule has 0 aliphatic carbocycles. The fourth-order valence-electron chi connectivity index (χ4n) is 2.59. The Bertz CT molecular complexity index is 1040. The fourth-order valence-corrected chi connectivity index (χ4v) is 2.59. The third-order valence-corrected chi connectivity index (χ3v) is 3.81. The number of aromatic nitrogens is 2. The van der Waals surface area contributed by atoms with Gasteiger partial charge in [-0.25, -0.2) is 4.79 Å². The maximum atomic E-state index is 12.9. The molecule has 8 heteroatoms. The Morgan fingerprint density at radius 1 is 0.962 bits per heavy atom. The summed E-state index contributed by atoms with van der Waals surface area (Å²) in [6.07, 6.45) is -4.25. The van der Waals surface area contributed by atoms with Crippen molar-refractivity contribution in [2.45, 2.75) is 12.6 Å². The smallest absolute Gasteiger partial charge is 0.416 e. The van der Waals surface area contributed by atoms with Crippen LogP contribution in [0.25, 0.3) is 11.1 Å². The predicted octanol–water partition coefficient (Wildman–Crippen LogP) is 3.05. The Labute approximate surface area is 144 Å². The summed E-state index contributed by atoms with van der Waals surface area (Å²) in [5, 5.41) is 9.15. The van der Waals surface area contributed by atoms with Gasteiger partial charge in [0.2, 0.25) is 0 Å². The number of nitrogens with one attached hydrogen (secondary N) is 1. The summed E-state index contributed by atoms with van der Waals surface area (Å²) in [7, 11) is 0. The topological polar surface area (TPSA) is 75.1 Å². The number of benzene rings is 2. The van der Waals surface area contributed by atoms with Crippen LogP contribution in [-0.4, -0.2) is 14.9 Å². The Kier molecular flexibility index (Phi) is 4.41. The van der Waals surface area contributed by atoms with Crippen molar-refractivity contribution in [3.05, 3.63) is 92.3 Å². The zero-order chi connectivity index (χ0) is 18.9. The summed E-state index contributed by atoms with van der Waals surface area (Å²) in [6.45, 7) is 0. The molecule has 0 saturated carbocycles. The van der Waals surface area contributed by atoms with Crippen LogP contribution in [0.2, 0.25) is 0 Å². The molecule has 0 unspecified atom stereocenters. The van der Waals surface area contributed by atoms with Gasteiger partial charge in [-0.2, -0.15) is 13.2 Å². The third-order valence-electron chi connectivity index (χ3n) is 3.81. The van der Waals surface area contributed by atoms with Gasteiger partial charge in [-0.3, -0.25) is 4.79 Å². The molecule has 5 nitrogen and oxygen atoms in total. The Balaban J connectivity index is 1.95. The number of hydrogen-bond donors (Lipinski definition) is 2. The fraction of sp³-hybridized carbons (Fsp3) is 0.111. The first-order valence-electron chi connectivity index (χ1n) is 7.55. The van der Waals surface area contributed by atoms with E-state index < -0.39 is 23.0 Å². The second-order valence-corrected chi connectivity index (χ2v) is 5.71. The van der Waals surface area contributed by atoms with Crippen molar-refractivity contribution >= 4 is 0 Å². The van der Waals surface area contributed by atoms with Gasteiger partial charge in [-0.15, -0.1) is 0 Å². The van der Waals surface area contributed by atoms with Crippen LogP contribution in [0.5, 0.6) is 0 Å². The van der Waals surface area contributed by atoms with Crippen LogP contribution in [0, 0.1) is 0 Å². The van der Waals surface area contributed by atoms with E-state index in [9.17, 15) is 22.8 Å². The predicted molar refractivity (Wildman–Crippen MR) is 88.2 cm³/mol. The highest BCUT2D eigenvalue weighted by molar-refractivity contribution is 5.65. The van der Waals surface area contributed by atoms with Crippen LogP contribution in [0.15, 0.2) is 64.2 Å². The van der Waals surface area contributed by atoms with Gasteiger partial charge in [0.1, 0.15) is 0 Å². The number of rotatable bonds is 3. The van der Waals surface area contributed by atoms with Gasteiger partial charge >= 0.3 is 11.9 Å². The molecule has 0 radical (unpaired) electrons. The second kappa shape index (κ2) is 6.55. The molecular formula is C18H13F3N2O3. The van der Waals surface area contributed by atoms with E-state index in [1.807, 2.05) is 0 Å². The Morgan fingerprint density at radius 2 is 1.62 bits per heavy atom. The normalized spacial score (nSPS) is 11.5. The second-order valence-electron chi connectivity index (χ2n) is 5.71. The molecule has 0 spiro atoms. The van der Waals surface area contributed by atoms with Crippen molar-refractivity contribution in [3.8, 4) is 11.1 Å². The molecule has 0 saturated heterocycles. The highest BCUT2D eigenvalue weighted by Gasteiger charge is 2.30. The van der Waals surface area contributed by atoms with Crippen LogP contribution in [0.4, 0.5) is 13.2 Å². The number of nitrogens with zero attached hydrogens (tertiary/aromatic N) is 1. The van der Waals surface area contributed by atoms with E-state index in [-0.39, 0.29) is 16.8 Å². The maximum Gasteiger partial charge on any atom is 0.416 e. The Morgan fingerprint density at radius 3 is 2.27 bits per heavy atom. The molecule has 1 heterocycles. The lowest BCUT2D eigenvalue weighted by atomic mass is 9.99. The average molecular weight is 362 g/mol. The summed E-state index contributed by atoms with van der Waals surface area (Å²) >= 11 is 0. The molecule has 0 fully saturated rings. The van der Waals surface area contributed by atoms with Crippen molar-refractivity contribution in [2.24, 2.45) is 0 Å². The molecule has 3 rings (SSSR count). The molecule has 1 aromatic heterocycles. The molecule has 0 amide bonds.